The standard InChI is InChI=1S/C23H37N7O/c1-2-3-10-25-18-19-6-11-26-22(17-19)27-21-9-16-30(23(31)28-21)13-5-4-12-29-14-7-20(24)8-15-29/h6,9,11,16-17,20,25H,2-5,7-8,10,12-15,18,24H2,1H3,(H,26,27,28,31). The molecule has 170 valence electrons. The Morgan fingerprint density at radius 2 is 1.94 bits per heavy atom. The highest BCUT2D eigenvalue weighted by Gasteiger charge is 2.15. The van der Waals surface area contributed by atoms with Gasteiger partial charge in [-0.25, -0.2) is 9.78 Å². The molecule has 1 aliphatic heterocycles. The fraction of sp³-hybridized carbons (Fsp3) is 0.609. The van der Waals surface area contributed by atoms with Gasteiger partial charge in [-0.05, 0) is 82.0 Å². The molecule has 0 atom stereocenters. The third-order valence-corrected chi connectivity index (χ3v) is 5.75. The summed E-state index contributed by atoms with van der Waals surface area (Å²) in [4.78, 5) is 23.4. The number of unbranched alkanes of at least 4 members (excludes halogenated alkanes) is 2. The molecule has 3 heterocycles. The minimum atomic E-state index is -0.230. The first-order valence-electron chi connectivity index (χ1n) is 11.6. The van der Waals surface area contributed by atoms with Crippen LogP contribution in [-0.2, 0) is 13.1 Å². The van der Waals surface area contributed by atoms with Crippen LogP contribution in [0.25, 0.3) is 0 Å². The van der Waals surface area contributed by atoms with Crippen molar-refractivity contribution in [2.24, 2.45) is 5.73 Å². The Labute approximate surface area is 185 Å². The molecule has 0 bridgehead atoms. The summed E-state index contributed by atoms with van der Waals surface area (Å²) in [6, 6.07) is 6.18. The van der Waals surface area contributed by atoms with Gasteiger partial charge in [-0.1, -0.05) is 13.3 Å². The summed E-state index contributed by atoms with van der Waals surface area (Å²) in [6.07, 6.45) is 10.2. The molecule has 0 aromatic carbocycles. The lowest BCUT2D eigenvalue weighted by Gasteiger charge is -2.29. The second kappa shape index (κ2) is 12.5. The fourth-order valence-electron chi connectivity index (χ4n) is 3.78. The minimum absolute atomic E-state index is 0.230. The molecular weight excluding hydrogens is 390 g/mol. The summed E-state index contributed by atoms with van der Waals surface area (Å²) in [5, 5.41) is 6.57. The first kappa shape index (κ1) is 23.4. The Morgan fingerprint density at radius 1 is 1.13 bits per heavy atom. The third-order valence-electron chi connectivity index (χ3n) is 5.75. The van der Waals surface area contributed by atoms with Crippen molar-refractivity contribution >= 4 is 11.6 Å². The van der Waals surface area contributed by atoms with Gasteiger partial charge in [0.05, 0.1) is 0 Å². The van der Waals surface area contributed by atoms with Gasteiger partial charge in [0.25, 0.3) is 0 Å². The van der Waals surface area contributed by atoms with Crippen molar-refractivity contribution in [3.8, 4) is 0 Å². The zero-order valence-corrected chi connectivity index (χ0v) is 18.7. The Morgan fingerprint density at radius 3 is 2.71 bits per heavy atom. The van der Waals surface area contributed by atoms with Crippen LogP contribution in [0.1, 0.15) is 51.0 Å². The Bertz CT molecular complexity index is 846. The van der Waals surface area contributed by atoms with Crippen LogP contribution in [0.15, 0.2) is 35.4 Å². The zero-order valence-electron chi connectivity index (χ0n) is 18.7. The van der Waals surface area contributed by atoms with Crippen molar-refractivity contribution in [3.63, 3.8) is 0 Å². The number of hydrogen-bond donors (Lipinski definition) is 3. The third kappa shape index (κ3) is 8.05. The average molecular weight is 428 g/mol. The maximum absolute atomic E-state index is 12.4. The highest BCUT2D eigenvalue weighted by Crippen LogP contribution is 2.13. The highest BCUT2D eigenvalue weighted by molar-refractivity contribution is 5.51. The first-order valence-corrected chi connectivity index (χ1v) is 11.6. The molecule has 1 saturated heterocycles. The lowest BCUT2D eigenvalue weighted by Crippen LogP contribution is -2.40. The monoisotopic (exact) mass is 427 g/mol. The summed E-state index contributed by atoms with van der Waals surface area (Å²) >= 11 is 0. The van der Waals surface area contributed by atoms with Gasteiger partial charge in [-0.2, -0.15) is 4.98 Å². The topological polar surface area (TPSA) is 101 Å². The molecule has 3 rings (SSSR count). The summed E-state index contributed by atoms with van der Waals surface area (Å²) in [6.45, 7) is 7.94. The van der Waals surface area contributed by atoms with Gasteiger partial charge >= 0.3 is 5.69 Å². The molecule has 0 aliphatic carbocycles. The van der Waals surface area contributed by atoms with E-state index in [1.807, 2.05) is 24.4 Å². The van der Waals surface area contributed by atoms with Crippen LogP contribution >= 0.6 is 0 Å². The van der Waals surface area contributed by atoms with Crippen molar-refractivity contribution in [2.75, 3.05) is 31.5 Å². The first-order chi connectivity index (χ1) is 15.1. The van der Waals surface area contributed by atoms with E-state index >= 15 is 0 Å². The summed E-state index contributed by atoms with van der Waals surface area (Å²) in [5.41, 5.74) is 6.88. The van der Waals surface area contributed by atoms with Crippen LogP contribution in [0.5, 0.6) is 0 Å². The summed E-state index contributed by atoms with van der Waals surface area (Å²) in [7, 11) is 0. The number of aromatic nitrogens is 3. The molecule has 2 aromatic rings. The molecule has 1 fully saturated rings. The van der Waals surface area contributed by atoms with Gasteiger partial charge in [0.1, 0.15) is 11.6 Å². The SMILES string of the molecule is CCCCNCc1ccnc(Nc2ccn(CCCCN3CCC(N)CC3)c(=O)n2)c1. The van der Waals surface area contributed by atoms with Gasteiger partial charge in [0, 0.05) is 31.5 Å². The van der Waals surface area contributed by atoms with Crippen LogP contribution in [0.2, 0.25) is 0 Å². The van der Waals surface area contributed by atoms with Crippen molar-refractivity contribution in [3.05, 3.63) is 46.6 Å². The number of likely N-dealkylation sites (tertiary alicyclic amines) is 1. The zero-order chi connectivity index (χ0) is 21.9. The normalized spacial score (nSPS) is 15.3. The predicted octanol–water partition coefficient (Wildman–Crippen LogP) is 2.47. The number of nitrogens with one attached hydrogen (secondary N) is 2. The van der Waals surface area contributed by atoms with E-state index in [1.165, 1.54) is 12.8 Å². The average Bonchev–Trinajstić information content (AvgIpc) is 2.77. The number of nitrogens with two attached hydrogens (primary N) is 1. The number of piperidine rings is 1. The van der Waals surface area contributed by atoms with Crippen LogP contribution in [0.3, 0.4) is 0 Å². The van der Waals surface area contributed by atoms with E-state index in [-0.39, 0.29) is 5.69 Å². The second-order valence-electron chi connectivity index (χ2n) is 8.38. The number of nitrogens with zero attached hydrogens (tertiary/aromatic N) is 4. The van der Waals surface area contributed by atoms with E-state index in [9.17, 15) is 4.79 Å². The molecule has 2 aromatic heterocycles. The Kier molecular flexibility index (Phi) is 9.45. The molecule has 8 nitrogen and oxygen atoms in total. The largest absolute Gasteiger partial charge is 0.349 e. The van der Waals surface area contributed by atoms with Gasteiger partial charge < -0.3 is 21.3 Å². The summed E-state index contributed by atoms with van der Waals surface area (Å²) in [5.74, 6) is 1.22. The van der Waals surface area contributed by atoms with Crippen LogP contribution in [-0.4, -0.2) is 51.7 Å². The molecule has 31 heavy (non-hydrogen) atoms. The Balaban J connectivity index is 1.44. The molecule has 0 unspecified atom stereocenters. The van der Waals surface area contributed by atoms with E-state index in [4.69, 9.17) is 5.73 Å². The number of aryl methyl sites for hydroxylation is 1. The lowest BCUT2D eigenvalue weighted by atomic mass is 10.1. The van der Waals surface area contributed by atoms with Crippen LogP contribution in [0.4, 0.5) is 11.6 Å². The van der Waals surface area contributed by atoms with E-state index in [0.717, 1.165) is 64.0 Å². The quantitative estimate of drug-likeness (QED) is 0.447. The maximum Gasteiger partial charge on any atom is 0.349 e. The molecule has 0 spiro atoms. The van der Waals surface area contributed by atoms with E-state index in [0.29, 0.717) is 24.2 Å². The van der Waals surface area contributed by atoms with Crippen LogP contribution < -0.4 is 22.1 Å². The summed E-state index contributed by atoms with van der Waals surface area (Å²) < 4.78 is 1.68. The maximum atomic E-state index is 12.4. The van der Waals surface area contributed by atoms with Crippen molar-refractivity contribution in [1.82, 2.24) is 24.8 Å². The molecule has 4 N–H and O–H groups in total. The van der Waals surface area contributed by atoms with Gasteiger partial charge in [-0.15, -0.1) is 0 Å². The number of pyridine rings is 1. The molecule has 0 saturated carbocycles. The van der Waals surface area contributed by atoms with E-state index < -0.39 is 0 Å². The van der Waals surface area contributed by atoms with Crippen molar-refractivity contribution in [1.29, 1.82) is 0 Å². The Hall–Kier alpha value is -2.29. The van der Waals surface area contributed by atoms with E-state index in [1.54, 1.807) is 10.8 Å². The van der Waals surface area contributed by atoms with Gasteiger partial charge in [-0.3, -0.25) is 4.57 Å². The van der Waals surface area contributed by atoms with Crippen molar-refractivity contribution < 1.29 is 0 Å². The molecule has 0 amide bonds. The lowest BCUT2D eigenvalue weighted by molar-refractivity contribution is 0.208. The second-order valence-corrected chi connectivity index (χ2v) is 8.38. The molecule has 8 heteroatoms. The molecular formula is C23H37N7O. The minimum Gasteiger partial charge on any atom is -0.328 e. The van der Waals surface area contributed by atoms with Crippen LogP contribution in [0, 0.1) is 0 Å². The molecule has 1 aliphatic rings. The molecule has 0 radical (unpaired) electrons. The predicted molar refractivity (Wildman–Crippen MR) is 126 cm³/mol. The number of hydrogen-bond acceptors (Lipinski definition) is 7. The highest BCUT2D eigenvalue weighted by atomic mass is 16.1. The van der Waals surface area contributed by atoms with Gasteiger partial charge in [0.15, 0.2) is 0 Å². The number of rotatable bonds is 12. The van der Waals surface area contributed by atoms with Gasteiger partial charge in [0.2, 0.25) is 0 Å². The van der Waals surface area contributed by atoms with Crippen molar-refractivity contribution in [2.45, 2.75) is 64.6 Å². The fourth-order valence-corrected chi connectivity index (χ4v) is 3.78. The smallest absolute Gasteiger partial charge is 0.328 e. The number of anilines is 2. The van der Waals surface area contributed by atoms with E-state index in [2.05, 4.69) is 32.4 Å².